The molecule has 2 N–H and O–H groups in total. The molecule has 0 aromatic rings. The second kappa shape index (κ2) is 5.18. The first-order valence-corrected chi connectivity index (χ1v) is 3.73. The molecule has 0 fully saturated rings. The van der Waals surface area contributed by atoms with Crippen LogP contribution in [0, 0.1) is 0 Å². The third-order valence-corrected chi connectivity index (χ3v) is 1.52. The van der Waals surface area contributed by atoms with Crippen molar-refractivity contribution >= 4 is 11.9 Å². The van der Waals surface area contributed by atoms with Gasteiger partial charge in [0.15, 0.2) is 0 Å². The molecule has 0 unspecified atom stereocenters. The SMILES string of the molecule is CCC(C(=O)OC)=C(N)C(=O)OC. The van der Waals surface area contributed by atoms with Gasteiger partial charge in [0, 0.05) is 0 Å². The van der Waals surface area contributed by atoms with E-state index < -0.39 is 11.9 Å². The summed E-state index contributed by atoms with van der Waals surface area (Å²) in [5.41, 5.74) is 5.30. The maximum absolute atomic E-state index is 11.0. The number of hydrogen-bond donors (Lipinski definition) is 1. The summed E-state index contributed by atoms with van der Waals surface area (Å²) in [5, 5.41) is 0. The number of carbonyl (C=O) groups excluding carboxylic acids is 2. The minimum atomic E-state index is -0.720. The van der Waals surface area contributed by atoms with E-state index in [1.54, 1.807) is 6.92 Å². The highest BCUT2D eigenvalue weighted by atomic mass is 16.5. The van der Waals surface area contributed by atoms with Gasteiger partial charge in [-0.05, 0) is 6.42 Å². The molecule has 13 heavy (non-hydrogen) atoms. The first kappa shape index (κ1) is 11.5. The van der Waals surface area contributed by atoms with Crippen LogP contribution in [-0.2, 0) is 19.1 Å². The number of carbonyl (C=O) groups is 2. The van der Waals surface area contributed by atoms with Crippen LogP contribution in [0.2, 0.25) is 0 Å². The highest BCUT2D eigenvalue weighted by Gasteiger charge is 2.17. The summed E-state index contributed by atoms with van der Waals surface area (Å²) in [5.74, 6) is -1.33. The smallest absolute Gasteiger partial charge is 0.354 e. The summed E-state index contributed by atoms with van der Waals surface area (Å²) < 4.78 is 8.79. The maximum Gasteiger partial charge on any atom is 0.354 e. The lowest BCUT2D eigenvalue weighted by Crippen LogP contribution is -2.20. The molecule has 0 aliphatic heterocycles. The van der Waals surface area contributed by atoms with Crippen LogP contribution < -0.4 is 5.73 Å². The molecule has 0 rings (SSSR count). The second-order valence-corrected chi connectivity index (χ2v) is 2.23. The molecule has 0 bridgehead atoms. The van der Waals surface area contributed by atoms with Gasteiger partial charge in [0.2, 0.25) is 0 Å². The number of methoxy groups -OCH3 is 2. The molecule has 0 heterocycles. The Morgan fingerprint density at radius 2 is 1.62 bits per heavy atom. The molecule has 0 aliphatic carbocycles. The van der Waals surface area contributed by atoms with Crippen LogP contribution >= 0.6 is 0 Å². The Kier molecular flexibility index (Phi) is 4.58. The maximum atomic E-state index is 11.0. The minimum Gasteiger partial charge on any atom is -0.466 e. The fourth-order valence-electron chi connectivity index (χ4n) is 0.801. The van der Waals surface area contributed by atoms with Gasteiger partial charge in [-0.25, -0.2) is 9.59 Å². The standard InChI is InChI=1S/C8H13NO4/c1-4-5(7(10)12-2)6(9)8(11)13-3/h4,9H2,1-3H3. The molecule has 0 atom stereocenters. The van der Waals surface area contributed by atoms with E-state index in [-0.39, 0.29) is 11.3 Å². The Bertz CT molecular complexity index is 245. The van der Waals surface area contributed by atoms with Gasteiger partial charge in [0.25, 0.3) is 0 Å². The summed E-state index contributed by atoms with van der Waals surface area (Å²) in [7, 11) is 2.42. The Labute approximate surface area is 76.5 Å². The van der Waals surface area contributed by atoms with Crippen molar-refractivity contribution in [2.75, 3.05) is 14.2 Å². The number of hydrogen-bond acceptors (Lipinski definition) is 5. The van der Waals surface area contributed by atoms with E-state index in [1.807, 2.05) is 0 Å². The van der Waals surface area contributed by atoms with Gasteiger partial charge >= 0.3 is 11.9 Å². The van der Waals surface area contributed by atoms with Gasteiger partial charge in [-0.1, -0.05) is 6.92 Å². The van der Waals surface area contributed by atoms with E-state index in [4.69, 9.17) is 5.73 Å². The average molecular weight is 187 g/mol. The monoisotopic (exact) mass is 187 g/mol. The lowest BCUT2D eigenvalue weighted by Gasteiger charge is -2.05. The Morgan fingerprint density at radius 1 is 1.15 bits per heavy atom. The molecular formula is C8H13NO4. The molecule has 0 saturated carbocycles. The largest absolute Gasteiger partial charge is 0.466 e. The van der Waals surface area contributed by atoms with Gasteiger partial charge in [0.05, 0.1) is 19.8 Å². The van der Waals surface area contributed by atoms with Crippen molar-refractivity contribution in [3.63, 3.8) is 0 Å². The highest BCUT2D eigenvalue weighted by Crippen LogP contribution is 2.07. The quantitative estimate of drug-likeness (QED) is 0.495. The average Bonchev–Trinajstić information content (AvgIpc) is 2.17. The molecule has 0 aromatic heterocycles. The number of rotatable bonds is 3. The van der Waals surface area contributed by atoms with Crippen molar-refractivity contribution in [2.24, 2.45) is 5.73 Å². The molecule has 5 heteroatoms. The van der Waals surface area contributed by atoms with Crippen molar-refractivity contribution in [2.45, 2.75) is 13.3 Å². The van der Waals surface area contributed by atoms with Crippen LogP contribution in [0.5, 0.6) is 0 Å². The second-order valence-electron chi connectivity index (χ2n) is 2.23. The van der Waals surface area contributed by atoms with E-state index in [0.717, 1.165) is 0 Å². The fourth-order valence-corrected chi connectivity index (χ4v) is 0.801. The Balaban J connectivity index is 4.89. The van der Waals surface area contributed by atoms with Crippen LogP contribution in [0.1, 0.15) is 13.3 Å². The van der Waals surface area contributed by atoms with E-state index >= 15 is 0 Å². The van der Waals surface area contributed by atoms with Crippen molar-refractivity contribution in [3.05, 3.63) is 11.3 Å². The lowest BCUT2D eigenvalue weighted by molar-refractivity contribution is -0.139. The van der Waals surface area contributed by atoms with Crippen molar-refractivity contribution in [1.29, 1.82) is 0 Å². The van der Waals surface area contributed by atoms with Crippen LogP contribution in [0.25, 0.3) is 0 Å². The van der Waals surface area contributed by atoms with Gasteiger partial charge in [0.1, 0.15) is 5.70 Å². The first-order chi connectivity index (χ1) is 6.08. The zero-order valence-corrected chi connectivity index (χ0v) is 7.92. The molecule has 0 aliphatic rings. The summed E-state index contributed by atoms with van der Waals surface area (Å²) >= 11 is 0. The number of nitrogens with two attached hydrogens (primary N) is 1. The lowest BCUT2D eigenvalue weighted by atomic mass is 10.1. The van der Waals surface area contributed by atoms with Gasteiger partial charge < -0.3 is 15.2 Å². The van der Waals surface area contributed by atoms with E-state index in [9.17, 15) is 9.59 Å². The zero-order chi connectivity index (χ0) is 10.4. The van der Waals surface area contributed by atoms with Crippen molar-refractivity contribution in [3.8, 4) is 0 Å². The van der Waals surface area contributed by atoms with Crippen LogP contribution in [-0.4, -0.2) is 26.2 Å². The summed E-state index contributed by atoms with van der Waals surface area (Å²) in [6.07, 6.45) is 0.327. The molecule has 0 aromatic carbocycles. The molecule has 74 valence electrons. The van der Waals surface area contributed by atoms with Crippen LogP contribution in [0.3, 0.4) is 0 Å². The summed E-state index contributed by atoms with van der Waals surface area (Å²) in [4.78, 5) is 22.0. The molecule has 5 nitrogen and oxygen atoms in total. The number of esters is 2. The third-order valence-electron chi connectivity index (χ3n) is 1.52. The topological polar surface area (TPSA) is 78.6 Å². The Hall–Kier alpha value is -1.52. The molecule has 0 spiro atoms. The van der Waals surface area contributed by atoms with Gasteiger partial charge in [-0.15, -0.1) is 0 Å². The van der Waals surface area contributed by atoms with Crippen molar-refractivity contribution in [1.82, 2.24) is 0 Å². The van der Waals surface area contributed by atoms with Gasteiger partial charge in [-0.2, -0.15) is 0 Å². The number of ether oxygens (including phenoxy) is 2. The Morgan fingerprint density at radius 3 is 1.92 bits per heavy atom. The predicted octanol–water partition coefficient (Wildman–Crippen LogP) is -0.0448. The van der Waals surface area contributed by atoms with Crippen molar-refractivity contribution < 1.29 is 19.1 Å². The van der Waals surface area contributed by atoms with E-state index in [1.165, 1.54) is 14.2 Å². The first-order valence-electron chi connectivity index (χ1n) is 3.73. The van der Waals surface area contributed by atoms with E-state index in [0.29, 0.717) is 6.42 Å². The predicted molar refractivity (Wildman–Crippen MR) is 45.5 cm³/mol. The minimum absolute atomic E-state index is 0.134. The summed E-state index contributed by atoms with van der Waals surface area (Å²) in [6.45, 7) is 1.70. The van der Waals surface area contributed by atoms with Crippen LogP contribution in [0.4, 0.5) is 0 Å². The molecule has 0 amide bonds. The third kappa shape index (κ3) is 2.77. The molecule has 0 radical (unpaired) electrons. The fraction of sp³-hybridized carbons (Fsp3) is 0.500. The van der Waals surface area contributed by atoms with E-state index in [2.05, 4.69) is 9.47 Å². The van der Waals surface area contributed by atoms with Gasteiger partial charge in [-0.3, -0.25) is 0 Å². The molecular weight excluding hydrogens is 174 g/mol. The van der Waals surface area contributed by atoms with Crippen LogP contribution in [0.15, 0.2) is 11.3 Å². The highest BCUT2D eigenvalue weighted by molar-refractivity contribution is 5.99. The zero-order valence-electron chi connectivity index (χ0n) is 7.92. The normalized spacial score (nSPS) is 11.6. The molecule has 0 saturated heterocycles. The summed E-state index contributed by atoms with van der Waals surface area (Å²) in [6, 6.07) is 0.